The Hall–Kier alpha value is -0.860. The molecule has 0 unspecified atom stereocenters. The Balaban J connectivity index is 1.63. The fourth-order valence-corrected chi connectivity index (χ4v) is 2.31. The minimum atomic E-state index is 0.441. The molecule has 0 saturated heterocycles. The highest BCUT2D eigenvalue weighted by Gasteiger charge is 2.35. The molecule has 0 aliphatic heterocycles. The molecule has 1 aliphatic carbocycles. The van der Waals surface area contributed by atoms with Crippen molar-refractivity contribution in [3.8, 4) is 0 Å². The van der Waals surface area contributed by atoms with Crippen LogP contribution in [-0.4, -0.2) is 30.6 Å². The Kier molecular flexibility index (Phi) is 4.19. The average molecular weight is 233 g/mol. The SMILES string of the molecule is CN(CCOCc1ccccc1)C1(C)CCC1. The van der Waals surface area contributed by atoms with Crippen molar-refractivity contribution in [2.45, 2.75) is 38.3 Å². The molecule has 0 heterocycles. The second-order valence-corrected chi connectivity index (χ2v) is 5.31. The molecule has 1 aromatic rings. The summed E-state index contributed by atoms with van der Waals surface area (Å²) in [5, 5.41) is 0. The lowest BCUT2D eigenvalue weighted by Crippen LogP contribution is -2.50. The highest BCUT2D eigenvalue weighted by molar-refractivity contribution is 5.13. The molecule has 2 nitrogen and oxygen atoms in total. The first-order valence-electron chi connectivity index (χ1n) is 6.54. The smallest absolute Gasteiger partial charge is 0.0717 e. The summed E-state index contributed by atoms with van der Waals surface area (Å²) in [7, 11) is 2.21. The van der Waals surface area contributed by atoms with Gasteiger partial charge in [-0.2, -0.15) is 0 Å². The Morgan fingerprint density at radius 3 is 2.53 bits per heavy atom. The molecule has 1 aliphatic rings. The highest BCUT2D eigenvalue weighted by Crippen LogP contribution is 2.35. The normalized spacial score (nSPS) is 18.1. The van der Waals surface area contributed by atoms with Gasteiger partial charge in [0.25, 0.3) is 0 Å². The summed E-state index contributed by atoms with van der Waals surface area (Å²) in [4.78, 5) is 2.45. The van der Waals surface area contributed by atoms with Crippen molar-refractivity contribution in [2.24, 2.45) is 0 Å². The van der Waals surface area contributed by atoms with Gasteiger partial charge in [-0.15, -0.1) is 0 Å². The van der Waals surface area contributed by atoms with Crippen LogP contribution in [-0.2, 0) is 11.3 Å². The summed E-state index contributed by atoms with van der Waals surface area (Å²) < 4.78 is 5.71. The van der Waals surface area contributed by atoms with E-state index in [9.17, 15) is 0 Å². The van der Waals surface area contributed by atoms with Crippen molar-refractivity contribution in [1.29, 1.82) is 0 Å². The van der Waals surface area contributed by atoms with Gasteiger partial charge < -0.3 is 4.74 Å². The van der Waals surface area contributed by atoms with E-state index in [1.54, 1.807) is 0 Å². The Morgan fingerprint density at radius 2 is 1.94 bits per heavy atom. The first-order valence-corrected chi connectivity index (χ1v) is 6.54. The zero-order valence-electron chi connectivity index (χ0n) is 11.0. The molecule has 0 atom stereocenters. The van der Waals surface area contributed by atoms with E-state index in [-0.39, 0.29) is 0 Å². The van der Waals surface area contributed by atoms with Crippen LogP contribution < -0.4 is 0 Å². The van der Waals surface area contributed by atoms with E-state index in [2.05, 4.69) is 43.1 Å². The molecule has 1 aromatic carbocycles. The van der Waals surface area contributed by atoms with Crippen LogP contribution in [0.2, 0.25) is 0 Å². The molecule has 2 heteroatoms. The van der Waals surface area contributed by atoms with Crippen LogP contribution in [0.25, 0.3) is 0 Å². The molecule has 0 spiro atoms. The molecule has 0 amide bonds. The summed E-state index contributed by atoms with van der Waals surface area (Å²) >= 11 is 0. The van der Waals surface area contributed by atoms with Crippen LogP contribution in [0.15, 0.2) is 30.3 Å². The third kappa shape index (κ3) is 3.30. The Labute approximate surface area is 105 Å². The van der Waals surface area contributed by atoms with Gasteiger partial charge in [-0.25, -0.2) is 0 Å². The van der Waals surface area contributed by atoms with Crippen molar-refractivity contribution in [3.05, 3.63) is 35.9 Å². The fourth-order valence-electron chi connectivity index (χ4n) is 2.31. The van der Waals surface area contributed by atoms with Crippen LogP contribution in [0.3, 0.4) is 0 Å². The maximum atomic E-state index is 5.71. The van der Waals surface area contributed by atoms with E-state index in [0.717, 1.165) is 19.8 Å². The summed E-state index contributed by atoms with van der Waals surface area (Å²) in [5.41, 5.74) is 1.70. The van der Waals surface area contributed by atoms with Gasteiger partial charge in [0.05, 0.1) is 13.2 Å². The number of likely N-dealkylation sites (N-methyl/N-ethyl adjacent to an activating group) is 1. The van der Waals surface area contributed by atoms with Gasteiger partial charge >= 0.3 is 0 Å². The lowest BCUT2D eigenvalue weighted by Gasteiger charge is -2.46. The van der Waals surface area contributed by atoms with E-state index in [0.29, 0.717) is 5.54 Å². The van der Waals surface area contributed by atoms with Crippen molar-refractivity contribution in [3.63, 3.8) is 0 Å². The maximum Gasteiger partial charge on any atom is 0.0717 e. The standard InChI is InChI=1S/C15H23NO/c1-15(9-6-10-15)16(2)11-12-17-13-14-7-4-3-5-8-14/h3-5,7-8H,6,9-13H2,1-2H3. The number of hydrogen-bond acceptors (Lipinski definition) is 2. The molecule has 0 N–H and O–H groups in total. The lowest BCUT2D eigenvalue weighted by molar-refractivity contribution is 0.0208. The van der Waals surface area contributed by atoms with E-state index in [4.69, 9.17) is 4.74 Å². The predicted octanol–water partition coefficient (Wildman–Crippen LogP) is 3.08. The van der Waals surface area contributed by atoms with Crippen molar-refractivity contribution in [2.75, 3.05) is 20.2 Å². The predicted molar refractivity (Wildman–Crippen MR) is 71.0 cm³/mol. The van der Waals surface area contributed by atoms with Crippen molar-refractivity contribution < 1.29 is 4.74 Å². The van der Waals surface area contributed by atoms with Crippen molar-refractivity contribution in [1.82, 2.24) is 4.90 Å². The quantitative estimate of drug-likeness (QED) is 0.700. The van der Waals surface area contributed by atoms with Gasteiger partial charge in [0.1, 0.15) is 0 Å². The number of benzene rings is 1. The summed E-state index contributed by atoms with van der Waals surface area (Å²) in [6.07, 6.45) is 4.05. The number of nitrogens with zero attached hydrogens (tertiary/aromatic N) is 1. The van der Waals surface area contributed by atoms with Crippen LogP contribution in [0.4, 0.5) is 0 Å². The third-order valence-electron chi connectivity index (χ3n) is 4.03. The molecule has 1 saturated carbocycles. The Morgan fingerprint density at radius 1 is 1.24 bits per heavy atom. The molecule has 0 radical (unpaired) electrons. The zero-order valence-corrected chi connectivity index (χ0v) is 11.0. The van der Waals surface area contributed by atoms with Crippen LogP contribution in [0, 0.1) is 0 Å². The summed E-state index contributed by atoms with van der Waals surface area (Å²) in [6.45, 7) is 4.93. The van der Waals surface area contributed by atoms with E-state index < -0.39 is 0 Å². The van der Waals surface area contributed by atoms with Crippen LogP contribution in [0.1, 0.15) is 31.7 Å². The van der Waals surface area contributed by atoms with E-state index >= 15 is 0 Å². The fraction of sp³-hybridized carbons (Fsp3) is 0.600. The molecule has 0 bridgehead atoms. The van der Waals surface area contributed by atoms with Gasteiger partial charge in [0.15, 0.2) is 0 Å². The van der Waals surface area contributed by atoms with Gasteiger partial charge in [-0.1, -0.05) is 30.3 Å². The molecular formula is C15H23NO. The number of rotatable bonds is 6. The highest BCUT2D eigenvalue weighted by atomic mass is 16.5. The zero-order chi connectivity index (χ0) is 12.1. The van der Waals surface area contributed by atoms with Gasteiger partial charge in [-0.3, -0.25) is 4.90 Å². The molecule has 1 fully saturated rings. The lowest BCUT2D eigenvalue weighted by atomic mass is 9.77. The van der Waals surface area contributed by atoms with Crippen LogP contribution >= 0.6 is 0 Å². The van der Waals surface area contributed by atoms with Gasteiger partial charge in [-0.05, 0) is 38.8 Å². The number of hydrogen-bond donors (Lipinski definition) is 0. The minimum Gasteiger partial charge on any atom is -0.375 e. The summed E-state index contributed by atoms with van der Waals surface area (Å²) in [5.74, 6) is 0. The van der Waals surface area contributed by atoms with E-state index in [1.807, 2.05) is 6.07 Å². The molecule has 2 rings (SSSR count). The second kappa shape index (κ2) is 5.65. The number of ether oxygens (including phenoxy) is 1. The molecule has 17 heavy (non-hydrogen) atoms. The Bertz CT molecular complexity index is 332. The average Bonchev–Trinajstić information content (AvgIpc) is 2.32. The molecule has 94 valence electrons. The van der Waals surface area contributed by atoms with Gasteiger partial charge in [0, 0.05) is 12.1 Å². The summed E-state index contributed by atoms with van der Waals surface area (Å²) in [6, 6.07) is 10.4. The molecule has 0 aromatic heterocycles. The first-order chi connectivity index (χ1) is 8.21. The van der Waals surface area contributed by atoms with Crippen LogP contribution in [0.5, 0.6) is 0 Å². The third-order valence-corrected chi connectivity index (χ3v) is 4.03. The topological polar surface area (TPSA) is 12.5 Å². The van der Waals surface area contributed by atoms with Gasteiger partial charge in [0.2, 0.25) is 0 Å². The second-order valence-electron chi connectivity index (χ2n) is 5.31. The maximum absolute atomic E-state index is 5.71. The van der Waals surface area contributed by atoms with Crippen molar-refractivity contribution >= 4 is 0 Å². The monoisotopic (exact) mass is 233 g/mol. The molecular weight excluding hydrogens is 210 g/mol. The first kappa shape index (κ1) is 12.6. The minimum absolute atomic E-state index is 0.441. The largest absolute Gasteiger partial charge is 0.375 e. The van der Waals surface area contributed by atoms with E-state index in [1.165, 1.54) is 24.8 Å².